The first-order valence-electron chi connectivity index (χ1n) is 9.15. The molecule has 1 aliphatic carbocycles. The van der Waals surface area contributed by atoms with E-state index in [-0.39, 0.29) is 17.7 Å². The first-order chi connectivity index (χ1) is 11.7. The van der Waals surface area contributed by atoms with Crippen LogP contribution in [0.1, 0.15) is 36.0 Å². The molecule has 3 aliphatic rings. The van der Waals surface area contributed by atoms with E-state index in [2.05, 4.69) is 17.0 Å². The van der Waals surface area contributed by atoms with Gasteiger partial charge in [-0.1, -0.05) is 0 Å². The summed E-state index contributed by atoms with van der Waals surface area (Å²) in [6.45, 7) is 4.87. The van der Waals surface area contributed by atoms with Gasteiger partial charge in [0.2, 0.25) is 5.91 Å². The third kappa shape index (κ3) is 3.12. The van der Waals surface area contributed by atoms with Crippen molar-refractivity contribution in [2.45, 2.75) is 25.7 Å². The topological polar surface area (TPSA) is 43.9 Å². The number of anilines is 1. The summed E-state index contributed by atoms with van der Waals surface area (Å²) in [5.74, 6) is 0.643. The first-order valence-corrected chi connectivity index (χ1v) is 9.15. The lowest BCUT2D eigenvalue weighted by atomic mass is 10.1. The zero-order valence-corrected chi connectivity index (χ0v) is 14.1. The number of hydrogen-bond donors (Lipinski definition) is 0. The highest BCUT2D eigenvalue weighted by Crippen LogP contribution is 2.31. The average molecular weight is 327 g/mol. The van der Waals surface area contributed by atoms with Crippen LogP contribution in [0, 0.1) is 5.92 Å². The van der Waals surface area contributed by atoms with E-state index in [0.29, 0.717) is 26.2 Å². The molecule has 0 spiro atoms. The molecule has 1 saturated carbocycles. The minimum absolute atomic E-state index is 0.0847. The molecule has 2 aliphatic heterocycles. The highest BCUT2D eigenvalue weighted by atomic mass is 16.2. The highest BCUT2D eigenvalue weighted by Gasteiger charge is 2.35. The Balaban J connectivity index is 1.34. The van der Waals surface area contributed by atoms with Gasteiger partial charge < -0.3 is 14.7 Å². The van der Waals surface area contributed by atoms with Crippen molar-refractivity contribution in [3.05, 3.63) is 29.8 Å². The Morgan fingerprint density at radius 1 is 0.792 bits per heavy atom. The van der Waals surface area contributed by atoms with Crippen LogP contribution < -0.4 is 4.90 Å². The summed E-state index contributed by atoms with van der Waals surface area (Å²) >= 11 is 0. The molecule has 1 aromatic rings. The lowest BCUT2D eigenvalue weighted by molar-refractivity contribution is -0.134. The Morgan fingerprint density at radius 2 is 1.38 bits per heavy atom. The van der Waals surface area contributed by atoms with Crippen molar-refractivity contribution in [3.8, 4) is 0 Å². The van der Waals surface area contributed by atoms with Crippen LogP contribution in [0.3, 0.4) is 0 Å². The molecule has 24 heavy (non-hydrogen) atoms. The summed E-state index contributed by atoms with van der Waals surface area (Å²) in [7, 11) is 0. The molecule has 4 rings (SSSR count). The fourth-order valence-electron chi connectivity index (χ4n) is 3.69. The van der Waals surface area contributed by atoms with Crippen LogP contribution in [0.2, 0.25) is 0 Å². The number of carbonyl (C=O) groups is 2. The van der Waals surface area contributed by atoms with Gasteiger partial charge in [0.05, 0.1) is 0 Å². The molecule has 0 atom stereocenters. The summed E-state index contributed by atoms with van der Waals surface area (Å²) < 4.78 is 0. The molecule has 0 unspecified atom stereocenters. The van der Waals surface area contributed by atoms with Crippen LogP contribution in [-0.4, -0.2) is 60.9 Å². The van der Waals surface area contributed by atoms with E-state index < -0.39 is 0 Å². The van der Waals surface area contributed by atoms with Gasteiger partial charge in [0.15, 0.2) is 0 Å². The van der Waals surface area contributed by atoms with Gasteiger partial charge in [-0.15, -0.1) is 0 Å². The molecular weight excluding hydrogens is 302 g/mol. The van der Waals surface area contributed by atoms with Crippen LogP contribution in [0.5, 0.6) is 0 Å². The number of rotatable bonds is 3. The molecule has 0 aromatic heterocycles. The molecule has 3 fully saturated rings. The molecule has 5 heteroatoms. The lowest BCUT2D eigenvalue weighted by Crippen LogP contribution is -2.51. The summed E-state index contributed by atoms with van der Waals surface area (Å²) in [6, 6.07) is 8.01. The van der Waals surface area contributed by atoms with Gasteiger partial charge in [0.25, 0.3) is 5.91 Å². The van der Waals surface area contributed by atoms with Gasteiger partial charge in [-0.2, -0.15) is 0 Å². The molecule has 0 radical (unpaired) electrons. The van der Waals surface area contributed by atoms with Crippen molar-refractivity contribution < 1.29 is 9.59 Å². The van der Waals surface area contributed by atoms with Crippen LogP contribution >= 0.6 is 0 Å². The molecule has 2 heterocycles. The minimum atomic E-state index is 0.0847. The van der Waals surface area contributed by atoms with Crippen molar-refractivity contribution in [2.24, 2.45) is 5.92 Å². The number of benzene rings is 1. The van der Waals surface area contributed by atoms with Crippen molar-refractivity contribution in [2.75, 3.05) is 44.2 Å². The Labute approximate surface area is 143 Å². The highest BCUT2D eigenvalue weighted by molar-refractivity contribution is 5.94. The van der Waals surface area contributed by atoms with Crippen LogP contribution in [0.4, 0.5) is 5.69 Å². The summed E-state index contributed by atoms with van der Waals surface area (Å²) in [5.41, 5.74) is 1.96. The average Bonchev–Trinajstić information content (AvgIpc) is 3.35. The summed E-state index contributed by atoms with van der Waals surface area (Å²) in [6.07, 6.45) is 4.60. The third-order valence-corrected chi connectivity index (χ3v) is 5.39. The van der Waals surface area contributed by atoms with E-state index in [1.165, 1.54) is 18.5 Å². The zero-order valence-electron chi connectivity index (χ0n) is 14.1. The number of carbonyl (C=O) groups excluding carboxylic acids is 2. The second kappa shape index (κ2) is 6.46. The molecule has 5 nitrogen and oxygen atoms in total. The molecule has 128 valence electrons. The van der Waals surface area contributed by atoms with E-state index in [1.807, 2.05) is 21.9 Å². The van der Waals surface area contributed by atoms with Gasteiger partial charge in [-0.05, 0) is 49.9 Å². The van der Waals surface area contributed by atoms with Gasteiger partial charge in [0.1, 0.15) is 0 Å². The lowest BCUT2D eigenvalue weighted by Gasteiger charge is -2.35. The number of hydrogen-bond acceptors (Lipinski definition) is 3. The normalized spacial score (nSPS) is 21.2. The maximum atomic E-state index is 12.7. The van der Waals surface area contributed by atoms with Crippen molar-refractivity contribution in [3.63, 3.8) is 0 Å². The van der Waals surface area contributed by atoms with Gasteiger partial charge in [-0.25, -0.2) is 0 Å². The predicted octanol–water partition coefficient (Wildman–Crippen LogP) is 1.98. The standard InChI is InChI=1S/C19H25N3O2/c23-18(15-3-4-15)21-11-13-22(14-12-21)19(24)16-5-7-17(8-6-16)20-9-1-2-10-20/h5-8,15H,1-4,9-14H2. The summed E-state index contributed by atoms with van der Waals surface area (Å²) in [5, 5.41) is 0. The summed E-state index contributed by atoms with van der Waals surface area (Å²) in [4.78, 5) is 30.9. The maximum absolute atomic E-state index is 12.7. The van der Waals surface area contributed by atoms with Crippen molar-refractivity contribution in [1.29, 1.82) is 0 Å². The Morgan fingerprint density at radius 3 is 1.96 bits per heavy atom. The molecular formula is C19H25N3O2. The molecule has 0 N–H and O–H groups in total. The quantitative estimate of drug-likeness (QED) is 0.853. The Bertz CT molecular complexity index is 610. The smallest absolute Gasteiger partial charge is 0.253 e. The second-order valence-corrected chi connectivity index (χ2v) is 7.13. The number of piperazine rings is 1. The minimum Gasteiger partial charge on any atom is -0.372 e. The predicted molar refractivity (Wildman–Crippen MR) is 93.1 cm³/mol. The Hall–Kier alpha value is -2.04. The molecule has 1 aromatic carbocycles. The fraction of sp³-hybridized carbons (Fsp3) is 0.579. The first kappa shape index (κ1) is 15.5. The number of nitrogens with zero attached hydrogens (tertiary/aromatic N) is 3. The van der Waals surface area contributed by atoms with Gasteiger partial charge in [0, 0.05) is 56.4 Å². The van der Waals surface area contributed by atoms with Gasteiger partial charge >= 0.3 is 0 Å². The molecule has 0 bridgehead atoms. The van der Waals surface area contributed by atoms with Gasteiger partial charge in [-0.3, -0.25) is 9.59 Å². The molecule has 2 amide bonds. The largest absolute Gasteiger partial charge is 0.372 e. The van der Waals surface area contributed by atoms with Crippen LogP contribution in [-0.2, 0) is 4.79 Å². The Kier molecular flexibility index (Phi) is 4.17. The third-order valence-electron chi connectivity index (χ3n) is 5.39. The van der Waals surface area contributed by atoms with E-state index in [1.54, 1.807) is 0 Å². The fourth-order valence-corrected chi connectivity index (χ4v) is 3.69. The SMILES string of the molecule is O=C(c1ccc(N2CCCC2)cc1)N1CCN(C(=O)C2CC2)CC1. The van der Waals surface area contributed by atoms with Crippen molar-refractivity contribution in [1.82, 2.24) is 9.80 Å². The zero-order chi connectivity index (χ0) is 16.5. The number of amides is 2. The molecule has 2 saturated heterocycles. The van der Waals surface area contributed by atoms with Crippen molar-refractivity contribution >= 4 is 17.5 Å². The maximum Gasteiger partial charge on any atom is 0.253 e. The van der Waals surface area contributed by atoms with E-state index >= 15 is 0 Å². The van der Waals surface area contributed by atoms with E-state index in [9.17, 15) is 9.59 Å². The van der Waals surface area contributed by atoms with E-state index in [4.69, 9.17) is 0 Å². The second-order valence-electron chi connectivity index (χ2n) is 7.13. The monoisotopic (exact) mass is 327 g/mol. The van der Waals surface area contributed by atoms with E-state index in [0.717, 1.165) is 31.5 Å². The van der Waals surface area contributed by atoms with Crippen LogP contribution in [0.15, 0.2) is 24.3 Å². The van der Waals surface area contributed by atoms with Crippen LogP contribution in [0.25, 0.3) is 0 Å².